The number of hydrogen-bond acceptors (Lipinski definition) is 4. The van der Waals surface area contributed by atoms with Gasteiger partial charge in [0.05, 0.1) is 5.69 Å². The van der Waals surface area contributed by atoms with Crippen LogP contribution in [0.1, 0.15) is 6.92 Å². The molecular weight excluding hydrogens is 300 g/mol. The molecule has 0 saturated heterocycles. The summed E-state index contributed by atoms with van der Waals surface area (Å²) in [5.74, 6) is -1.16. The first-order valence-electron chi connectivity index (χ1n) is 5.42. The van der Waals surface area contributed by atoms with Crippen LogP contribution in [-0.2, 0) is 14.9 Å². The van der Waals surface area contributed by atoms with E-state index >= 15 is 0 Å². The molecule has 21 heavy (non-hydrogen) atoms. The minimum atomic E-state index is -4.54. The maximum atomic E-state index is 11.3. The highest BCUT2D eigenvalue weighted by atomic mass is 32.2. The van der Waals surface area contributed by atoms with Crippen LogP contribution in [-0.4, -0.2) is 30.8 Å². The van der Waals surface area contributed by atoms with Gasteiger partial charge in [-0.15, -0.1) is 0 Å². The number of nitrogens with two attached hydrogens (primary N) is 3. The van der Waals surface area contributed by atoms with Gasteiger partial charge in [-0.1, -0.05) is 0 Å². The van der Waals surface area contributed by atoms with Crippen LogP contribution < -0.4 is 22.5 Å². The summed E-state index contributed by atoms with van der Waals surface area (Å²) in [6.07, 6.45) is 0. The number of nitrogens with one attached hydrogen (secondary N) is 1. The molecule has 0 aromatic heterocycles. The van der Waals surface area contributed by atoms with Crippen LogP contribution in [0.3, 0.4) is 0 Å². The molecule has 114 valence electrons. The number of nitrogens with zero attached hydrogens (tertiary/aromatic N) is 2. The second-order valence-corrected chi connectivity index (χ2v) is 5.24. The van der Waals surface area contributed by atoms with E-state index in [9.17, 15) is 13.2 Å². The molecule has 0 fully saturated rings. The van der Waals surface area contributed by atoms with E-state index in [1.54, 1.807) is 0 Å². The Labute approximate surface area is 120 Å². The first kappa shape index (κ1) is 16.4. The fourth-order valence-corrected chi connectivity index (χ4v) is 1.99. The third-order valence-corrected chi connectivity index (χ3v) is 2.94. The maximum Gasteiger partial charge on any atom is 0.296 e. The molecule has 8 N–H and O–H groups in total. The molecule has 0 bridgehead atoms. The number of anilines is 1. The van der Waals surface area contributed by atoms with Crippen molar-refractivity contribution in [2.75, 3.05) is 5.32 Å². The molecule has 1 aromatic carbocycles. The van der Waals surface area contributed by atoms with E-state index in [0.717, 1.165) is 6.07 Å². The third-order valence-electron chi connectivity index (χ3n) is 2.04. The third kappa shape index (κ3) is 5.08. The van der Waals surface area contributed by atoms with E-state index in [1.165, 1.54) is 19.1 Å². The smallest absolute Gasteiger partial charge is 0.296 e. The number of aliphatic imine (C=N–C) groups is 2. The van der Waals surface area contributed by atoms with Gasteiger partial charge in [0.25, 0.3) is 10.1 Å². The number of amides is 1. The van der Waals surface area contributed by atoms with E-state index in [1.807, 2.05) is 0 Å². The molecule has 0 saturated carbocycles. The number of carbonyl (C=O) groups is 1. The van der Waals surface area contributed by atoms with E-state index in [2.05, 4.69) is 15.3 Å². The lowest BCUT2D eigenvalue weighted by molar-refractivity contribution is -0.114. The van der Waals surface area contributed by atoms with E-state index in [-0.39, 0.29) is 23.2 Å². The summed E-state index contributed by atoms with van der Waals surface area (Å²) in [6, 6.07) is 3.53. The van der Waals surface area contributed by atoms with Crippen molar-refractivity contribution in [1.29, 1.82) is 0 Å². The Hall–Kier alpha value is -2.66. The molecule has 0 heterocycles. The van der Waals surface area contributed by atoms with E-state index < -0.39 is 21.0 Å². The average Bonchev–Trinajstić information content (AvgIpc) is 2.24. The lowest BCUT2D eigenvalue weighted by Gasteiger charge is -2.07. The second kappa shape index (κ2) is 6.19. The summed E-state index contributed by atoms with van der Waals surface area (Å²) >= 11 is 0. The molecule has 11 heteroatoms. The monoisotopic (exact) mass is 314 g/mol. The highest BCUT2D eigenvalue weighted by Gasteiger charge is 2.16. The molecule has 0 atom stereocenters. The van der Waals surface area contributed by atoms with Gasteiger partial charge in [0.2, 0.25) is 11.9 Å². The van der Waals surface area contributed by atoms with Gasteiger partial charge >= 0.3 is 0 Å². The zero-order valence-electron chi connectivity index (χ0n) is 10.9. The van der Waals surface area contributed by atoms with Gasteiger partial charge in [-0.3, -0.25) is 9.35 Å². The Morgan fingerprint density at radius 2 is 1.90 bits per heavy atom. The minimum absolute atomic E-state index is 0.230. The summed E-state index contributed by atoms with van der Waals surface area (Å²) in [7, 11) is -4.54. The molecule has 1 aromatic rings. The molecule has 10 nitrogen and oxygen atoms in total. The van der Waals surface area contributed by atoms with Gasteiger partial charge in [-0.25, -0.2) is 4.99 Å². The van der Waals surface area contributed by atoms with Gasteiger partial charge in [0.1, 0.15) is 4.90 Å². The predicted octanol–water partition coefficient (Wildman–Crippen LogP) is -0.889. The molecule has 0 aliphatic rings. The summed E-state index contributed by atoms with van der Waals surface area (Å²) in [4.78, 5) is 17.6. The topological polar surface area (TPSA) is 186 Å². The van der Waals surface area contributed by atoms with Crippen LogP contribution in [0.25, 0.3) is 0 Å². The van der Waals surface area contributed by atoms with E-state index in [4.69, 9.17) is 21.8 Å². The highest BCUT2D eigenvalue weighted by molar-refractivity contribution is 7.86. The molecule has 0 aliphatic heterocycles. The number of guanidine groups is 2. The number of carbonyl (C=O) groups excluding carboxylic acids is 1. The first-order chi connectivity index (χ1) is 9.59. The van der Waals surface area contributed by atoms with Crippen molar-refractivity contribution in [3.05, 3.63) is 18.2 Å². The standard InChI is InChI=1S/C10H14N6O4S/c1-5(17)14-6-2-3-8(21(18,19)20)7(4-6)15-10(13)16-9(11)12/h2-4H,1H3,(H,14,17)(H,18,19,20)(H6,11,12,13,15,16). The van der Waals surface area contributed by atoms with Crippen LogP contribution in [0.4, 0.5) is 11.4 Å². The number of benzene rings is 1. The maximum absolute atomic E-state index is 11.3. The fraction of sp³-hybridized carbons (Fsp3) is 0.100. The van der Waals surface area contributed by atoms with Crippen LogP contribution >= 0.6 is 0 Å². The van der Waals surface area contributed by atoms with Crippen LogP contribution in [0.5, 0.6) is 0 Å². The van der Waals surface area contributed by atoms with Crippen molar-refractivity contribution >= 4 is 39.3 Å². The summed E-state index contributed by atoms with van der Waals surface area (Å²) < 4.78 is 31.7. The van der Waals surface area contributed by atoms with Crippen molar-refractivity contribution in [2.24, 2.45) is 27.2 Å². The van der Waals surface area contributed by atoms with Crippen LogP contribution in [0.15, 0.2) is 33.1 Å². The lowest BCUT2D eigenvalue weighted by Crippen LogP contribution is -2.26. The quantitative estimate of drug-likeness (QED) is 0.272. The molecule has 0 unspecified atom stereocenters. The lowest BCUT2D eigenvalue weighted by atomic mass is 10.3. The number of hydrogen-bond donors (Lipinski definition) is 5. The highest BCUT2D eigenvalue weighted by Crippen LogP contribution is 2.27. The Balaban J connectivity index is 3.43. The van der Waals surface area contributed by atoms with Gasteiger partial charge in [0.15, 0.2) is 5.96 Å². The largest absolute Gasteiger partial charge is 0.370 e. The Bertz CT molecular complexity index is 721. The van der Waals surface area contributed by atoms with Crippen molar-refractivity contribution in [1.82, 2.24) is 0 Å². The second-order valence-electron chi connectivity index (χ2n) is 3.85. The summed E-state index contributed by atoms with van der Waals surface area (Å²) in [5, 5.41) is 2.43. The minimum Gasteiger partial charge on any atom is -0.370 e. The Kier molecular flexibility index (Phi) is 4.84. The van der Waals surface area contributed by atoms with Gasteiger partial charge in [-0.05, 0) is 18.2 Å². The molecule has 1 amide bonds. The van der Waals surface area contributed by atoms with Gasteiger partial charge in [-0.2, -0.15) is 13.4 Å². The average molecular weight is 314 g/mol. The SMILES string of the molecule is CC(=O)Nc1ccc(S(=O)(=O)O)c(N=C(N)N=C(N)N)c1. The Morgan fingerprint density at radius 1 is 1.29 bits per heavy atom. The van der Waals surface area contributed by atoms with Crippen molar-refractivity contribution in [2.45, 2.75) is 11.8 Å². The van der Waals surface area contributed by atoms with Gasteiger partial charge < -0.3 is 22.5 Å². The van der Waals surface area contributed by atoms with Crippen molar-refractivity contribution < 1.29 is 17.8 Å². The van der Waals surface area contributed by atoms with E-state index in [0.29, 0.717) is 0 Å². The summed E-state index contributed by atoms with van der Waals surface area (Å²) in [5.41, 5.74) is 15.7. The zero-order chi connectivity index (χ0) is 16.2. The normalized spacial score (nSPS) is 11.8. The first-order valence-corrected chi connectivity index (χ1v) is 6.86. The van der Waals surface area contributed by atoms with Crippen LogP contribution in [0, 0.1) is 0 Å². The molecular formula is C10H14N6O4S. The molecule has 0 radical (unpaired) electrons. The van der Waals surface area contributed by atoms with Crippen molar-refractivity contribution in [3.8, 4) is 0 Å². The predicted molar refractivity (Wildman–Crippen MR) is 77.7 cm³/mol. The summed E-state index contributed by atoms with van der Waals surface area (Å²) in [6.45, 7) is 1.27. The molecule has 0 aliphatic carbocycles. The Morgan fingerprint density at radius 3 is 2.38 bits per heavy atom. The van der Waals surface area contributed by atoms with Crippen LogP contribution in [0.2, 0.25) is 0 Å². The van der Waals surface area contributed by atoms with Gasteiger partial charge in [0, 0.05) is 12.6 Å². The number of rotatable bonds is 3. The molecule has 1 rings (SSSR count). The fourth-order valence-electron chi connectivity index (χ4n) is 1.38. The van der Waals surface area contributed by atoms with Crippen molar-refractivity contribution in [3.63, 3.8) is 0 Å². The molecule has 0 spiro atoms. The zero-order valence-corrected chi connectivity index (χ0v) is 11.8.